The number of carbonyl (C=O) groups is 6. The summed E-state index contributed by atoms with van der Waals surface area (Å²) in [5.74, 6) is -5.47. The summed E-state index contributed by atoms with van der Waals surface area (Å²) in [7, 11) is 0. The van der Waals surface area contributed by atoms with Crippen molar-refractivity contribution in [2.24, 2.45) is 0 Å². The van der Waals surface area contributed by atoms with Crippen LogP contribution in [0, 0.1) is 41.7 Å². The van der Waals surface area contributed by atoms with Gasteiger partial charge in [0.15, 0.2) is 0 Å². The van der Waals surface area contributed by atoms with Gasteiger partial charge in [0, 0.05) is 18.2 Å². The molecule has 0 unspecified atom stereocenters. The van der Waals surface area contributed by atoms with Gasteiger partial charge in [0.25, 0.3) is 0 Å². The predicted molar refractivity (Wildman–Crippen MR) is 139 cm³/mol. The van der Waals surface area contributed by atoms with Crippen LogP contribution in [0.4, 0.5) is 0 Å². The van der Waals surface area contributed by atoms with Crippen molar-refractivity contribution < 1.29 is 100 Å². The van der Waals surface area contributed by atoms with Crippen LogP contribution < -0.4 is 29.5 Å². The molecular weight excluding hydrogens is 692 g/mol. The van der Waals surface area contributed by atoms with Crippen molar-refractivity contribution in [1.82, 2.24) is 0 Å². The van der Waals surface area contributed by atoms with Gasteiger partial charge >= 0.3 is 59.7 Å². The standard InChI is InChI=1S/3C10H8O4.Ce/c3*11-9(12)6-7-10(13)14-8-4-2-1-3-5-8;/h3*1-7H,(H,11,12);/q;;;+3/p-3/b3*7-6-;. The van der Waals surface area contributed by atoms with Crippen molar-refractivity contribution in [3.05, 3.63) is 127 Å². The van der Waals surface area contributed by atoms with Crippen molar-refractivity contribution in [1.29, 1.82) is 0 Å². The van der Waals surface area contributed by atoms with Gasteiger partial charge in [-0.3, -0.25) is 0 Å². The van der Waals surface area contributed by atoms with E-state index in [0.717, 1.165) is 18.2 Å². The number of carbonyl (C=O) groups excluding carboxylic acids is 6. The summed E-state index contributed by atoms with van der Waals surface area (Å²) in [4.78, 5) is 62.6. The number of ether oxygens (including phenoxy) is 3. The van der Waals surface area contributed by atoms with Crippen molar-refractivity contribution in [2.75, 3.05) is 0 Å². The van der Waals surface area contributed by atoms with Gasteiger partial charge < -0.3 is 43.9 Å². The summed E-state index contributed by atoms with van der Waals surface area (Å²) in [6, 6.07) is 25.0. The van der Waals surface area contributed by atoms with Gasteiger partial charge in [-0.25, -0.2) is 14.4 Å². The molecule has 217 valence electrons. The summed E-state index contributed by atoms with van der Waals surface area (Å²) >= 11 is 0. The van der Waals surface area contributed by atoms with Crippen molar-refractivity contribution in [3.8, 4) is 17.2 Å². The zero-order valence-corrected chi connectivity index (χ0v) is 25.2. The van der Waals surface area contributed by atoms with E-state index >= 15 is 0 Å². The number of esters is 3. The van der Waals surface area contributed by atoms with Crippen molar-refractivity contribution >= 4 is 35.8 Å². The average Bonchev–Trinajstić information content (AvgIpc) is 2.96. The number of hydrogen-bond acceptors (Lipinski definition) is 12. The molecule has 1 radical (unpaired) electrons. The summed E-state index contributed by atoms with van der Waals surface area (Å²) in [6.07, 6.45) is 4.23. The Kier molecular flexibility index (Phi) is 20.1. The van der Waals surface area contributed by atoms with Crippen LogP contribution in [-0.2, 0) is 28.8 Å². The normalized spacial score (nSPS) is 9.77. The first-order valence-electron chi connectivity index (χ1n) is 11.5. The number of rotatable bonds is 9. The molecule has 0 aliphatic carbocycles. The van der Waals surface area contributed by atoms with Crippen molar-refractivity contribution in [3.63, 3.8) is 0 Å². The number of benzene rings is 3. The molecule has 0 amide bonds. The Morgan fingerprint density at radius 2 is 0.605 bits per heavy atom. The van der Waals surface area contributed by atoms with Crippen LogP contribution in [0.5, 0.6) is 17.2 Å². The maximum absolute atomic E-state index is 10.9. The minimum Gasteiger partial charge on any atom is -0.545 e. The molecule has 0 aromatic heterocycles. The van der Waals surface area contributed by atoms with Gasteiger partial charge in [-0.05, 0) is 54.6 Å². The predicted octanol–water partition coefficient (Wildman–Crippen LogP) is -0.306. The summed E-state index contributed by atoms with van der Waals surface area (Å²) in [6.45, 7) is 0. The maximum Gasteiger partial charge on any atom is 3.00 e. The number of aliphatic carboxylic acids is 3. The van der Waals surface area contributed by atoms with E-state index in [-0.39, 0.29) is 41.7 Å². The molecule has 0 aliphatic rings. The van der Waals surface area contributed by atoms with Crippen LogP contribution in [0.1, 0.15) is 0 Å². The van der Waals surface area contributed by atoms with E-state index in [4.69, 9.17) is 14.2 Å². The number of hydrogen-bond donors (Lipinski definition) is 0. The Morgan fingerprint density at radius 3 is 0.791 bits per heavy atom. The Labute approximate surface area is 278 Å². The number of carboxylic acids is 3. The van der Waals surface area contributed by atoms with Crippen LogP contribution in [0.15, 0.2) is 127 Å². The third-order valence-corrected chi connectivity index (χ3v) is 3.95. The van der Waals surface area contributed by atoms with Gasteiger partial charge in [0.1, 0.15) is 17.2 Å². The molecule has 0 aliphatic heterocycles. The van der Waals surface area contributed by atoms with Gasteiger partial charge in [-0.2, -0.15) is 0 Å². The minimum atomic E-state index is -1.44. The average molecular weight is 714 g/mol. The first-order valence-corrected chi connectivity index (χ1v) is 11.5. The molecule has 0 N–H and O–H groups in total. The maximum atomic E-state index is 10.9. The second-order valence-electron chi connectivity index (χ2n) is 7.16. The van der Waals surface area contributed by atoms with E-state index < -0.39 is 35.8 Å². The van der Waals surface area contributed by atoms with Gasteiger partial charge in [-0.1, -0.05) is 54.6 Å². The third-order valence-electron chi connectivity index (χ3n) is 3.95. The summed E-state index contributed by atoms with van der Waals surface area (Å²) in [5.41, 5.74) is 0. The largest absolute Gasteiger partial charge is 3.00 e. The second-order valence-corrected chi connectivity index (χ2v) is 7.16. The molecule has 0 saturated carbocycles. The minimum absolute atomic E-state index is 0. The molecule has 3 rings (SSSR count). The van der Waals surface area contributed by atoms with Gasteiger partial charge in [0.2, 0.25) is 0 Å². The molecule has 3 aromatic carbocycles. The Balaban J connectivity index is 0.000000608. The molecule has 0 heterocycles. The van der Waals surface area contributed by atoms with Crippen LogP contribution >= 0.6 is 0 Å². The van der Waals surface area contributed by atoms with Gasteiger partial charge in [-0.15, -0.1) is 0 Å². The van der Waals surface area contributed by atoms with E-state index in [0.29, 0.717) is 35.5 Å². The van der Waals surface area contributed by atoms with Gasteiger partial charge in [0.05, 0.1) is 17.9 Å². The van der Waals surface area contributed by atoms with Crippen LogP contribution in [0.2, 0.25) is 0 Å². The summed E-state index contributed by atoms with van der Waals surface area (Å²) < 4.78 is 14.2. The van der Waals surface area contributed by atoms with E-state index in [1.54, 1.807) is 91.0 Å². The second kappa shape index (κ2) is 22.7. The van der Waals surface area contributed by atoms with E-state index in [1.807, 2.05) is 0 Å². The molecule has 3 aromatic rings. The number of carboxylic acid groups (broad SMARTS) is 3. The fraction of sp³-hybridized carbons (Fsp3) is 0. The topological polar surface area (TPSA) is 199 Å². The molecule has 0 atom stereocenters. The monoisotopic (exact) mass is 713 g/mol. The summed E-state index contributed by atoms with van der Waals surface area (Å²) in [5, 5.41) is 29.9. The quantitative estimate of drug-likeness (QED) is 0.160. The van der Waals surface area contributed by atoms with Crippen LogP contribution in [-0.4, -0.2) is 35.8 Å². The molecular formula is C30H21CeO12. The smallest absolute Gasteiger partial charge is 0.545 e. The molecule has 0 fully saturated rings. The molecule has 43 heavy (non-hydrogen) atoms. The third kappa shape index (κ3) is 21.5. The Hall–Kier alpha value is -4.92. The zero-order valence-electron chi connectivity index (χ0n) is 22.0. The first-order chi connectivity index (χ1) is 20.0. The fourth-order valence-corrected chi connectivity index (χ4v) is 2.32. The van der Waals surface area contributed by atoms with E-state index in [9.17, 15) is 44.1 Å². The zero-order chi connectivity index (χ0) is 31.2. The van der Waals surface area contributed by atoms with Crippen LogP contribution in [0.3, 0.4) is 0 Å². The number of para-hydroxylation sites is 3. The van der Waals surface area contributed by atoms with E-state index in [2.05, 4.69) is 0 Å². The van der Waals surface area contributed by atoms with Crippen LogP contribution in [0.25, 0.3) is 0 Å². The molecule has 0 saturated heterocycles. The Morgan fingerprint density at radius 1 is 0.395 bits per heavy atom. The molecule has 0 spiro atoms. The van der Waals surface area contributed by atoms with Crippen molar-refractivity contribution in [2.45, 2.75) is 0 Å². The van der Waals surface area contributed by atoms with E-state index in [1.165, 1.54) is 0 Å². The molecule has 12 nitrogen and oxygen atoms in total. The SMILES string of the molecule is O=C([O-])/C=C\C(=O)Oc1ccccc1.O=C([O-])/C=C\C(=O)Oc1ccccc1.O=C([O-])/C=C\C(=O)Oc1ccccc1.[Ce+3]. The Bertz CT molecular complexity index is 1240. The fourth-order valence-electron chi connectivity index (χ4n) is 2.32. The first kappa shape index (κ1) is 38.1. The molecule has 0 bridgehead atoms. The molecule has 13 heteroatoms.